The molecule has 1 aliphatic rings. The van der Waals surface area contributed by atoms with E-state index in [1.54, 1.807) is 0 Å². The van der Waals surface area contributed by atoms with Crippen LogP contribution in [0.15, 0.2) is 28.7 Å². The highest BCUT2D eigenvalue weighted by Crippen LogP contribution is 2.46. The van der Waals surface area contributed by atoms with Crippen LogP contribution in [0.3, 0.4) is 0 Å². The van der Waals surface area contributed by atoms with Crippen molar-refractivity contribution >= 4 is 22.0 Å². The minimum absolute atomic E-state index is 0.0151. The van der Waals surface area contributed by atoms with Crippen LogP contribution in [0.2, 0.25) is 0 Å². The van der Waals surface area contributed by atoms with Crippen LogP contribution in [0.25, 0.3) is 0 Å². The van der Waals surface area contributed by atoms with Crippen molar-refractivity contribution in [2.45, 2.75) is 37.8 Å². The van der Waals surface area contributed by atoms with Crippen LogP contribution in [0.4, 0.5) is 4.79 Å². The standard InChI is InChI=1S/C14H19BrN2O2/c1-13(2,17-12(18)19)9-16-14(6-7-14)10-4-3-5-11(15)8-10/h3-5,8,16-17H,6-7,9H2,1-2H3,(H,18,19). The first-order valence-corrected chi connectivity index (χ1v) is 7.15. The Morgan fingerprint density at radius 1 is 1.47 bits per heavy atom. The summed E-state index contributed by atoms with van der Waals surface area (Å²) in [5.74, 6) is 0. The number of carbonyl (C=O) groups is 1. The van der Waals surface area contributed by atoms with Crippen molar-refractivity contribution in [3.05, 3.63) is 34.3 Å². The minimum Gasteiger partial charge on any atom is -0.465 e. The van der Waals surface area contributed by atoms with Crippen LogP contribution in [0, 0.1) is 0 Å². The van der Waals surface area contributed by atoms with Gasteiger partial charge in [-0.25, -0.2) is 4.79 Å². The lowest BCUT2D eigenvalue weighted by Crippen LogP contribution is -2.51. The number of carboxylic acid groups (broad SMARTS) is 1. The summed E-state index contributed by atoms with van der Waals surface area (Å²) >= 11 is 3.49. The van der Waals surface area contributed by atoms with E-state index in [0.717, 1.165) is 17.3 Å². The summed E-state index contributed by atoms with van der Waals surface area (Å²) in [6, 6.07) is 8.28. The Hall–Kier alpha value is -1.07. The van der Waals surface area contributed by atoms with Gasteiger partial charge in [0.1, 0.15) is 0 Å². The number of benzene rings is 1. The average Bonchev–Trinajstić information content (AvgIpc) is 3.06. The van der Waals surface area contributed by atoms with Gasteiger partial charge >= 0.3 is 6.09 Å². The highest BCUT2D eigenvalue weighted by molar-refractivity contribution is 9.10. The van der Waals surface area contributed by atoms with Crippen molar-refractivity contribution < 1.29 is 9.90 Å². The molecule has 3 N–H and O–H groups in total. The van der Waals surface area contributed by atoms with Crippen molar-refractivity contribution in [1.29, 1.82) is 0 Å². The van der Waals surface area contributed by atoms with Gasteiger partial charge in [0.2, 0.25) is 0 Å². The molecule has 0 atom stereocenters. The van der Waals surface area contributed by atoms with E-state index >= 15 is 0 Å². The van der Waals surface area contributed by atoms with Crippen molar-refractivity contribution in [3.8, 4) is 0 Å². The fraction of sp³-hybridized carbons (Fsp3) is 0.500. The van der Waals surface area contributed by atoms with Gasteiger partial charge in [-0.2, -0.15) is 0 Å². The van der Waals surface area contributed by atoms with Gasteiger partial charge in [-0.3, -0.25) is 0 Å². The fourth-order valence-corrected chi connectivity index (χ4v) is 2.60. The molecule has 1 aromatic carbocycles. The van der Waals surface area contributed by atoms with Gasteiger partial charge in [0.05, 0.1) is 5.54 Å². The maximum absolute atomic E-state index is 10.7. The molecule has 1 aromatic rings. The molecule has 0 saturated heterocycles. The first-order valence-electron chi connectivity index (χ1n) is 6.35. The number of nitrogens with one attached hydrogen (secondary N) is 2. The number of amides is 1. The van der Waals surface area contributed by atoms with Gasteiger partial charge in [-0.05, 0) is 44.4 Å². The molecule has 5 heteroatoms. The Kier molecular flexibility index (Phi) is 3.87. The molecule has 0 radical (unpaired) electrons. The molecule has 104 valence electrons. The SMILES string of the molecule is CC(C)(CNC1(c2cccc(Br)c2)CC1)NC(=O)O. The Bertz CT molecular complexity index is 484. The van der Waals surface area contributed by atoms with Gasteiger partial charge in [-0.15, -0.1) is 0 Å². The van der Waals surface area contributed by atoms with Crippen molar-refractivity contribution in [2.24, 2.45) is 0 Å². The van der Waals surface area contributed by atoms with Gasteiger partial charge in [0.25, 0.3) is 0 Å². The number of halogens is 1. The molecule has 0 unspecified atom stereocenters. The monoisotopic (exact) mass is 326 g/mol. The molecular weight excluding hydrogens is 308 g/mol. The first-order chi connectivity index (χ1) is 8.83. The molecule has 1 saturated carbocycles. The zero-order chi connectivity index (χ0) is 14.1. The second kappa shape index (κ2) is 5.13. The lowest BCUT2D eigenvalue weighted by molar-refractivity contribution is 0.180. The van der Waals surface area contributed by atoms with Crippen LogP contribution >= 0.6 is 15.9 Å². The predicted octanol–water partition coefficient (Wildman–Crippen LogP) is 3.07. The van der Waals surface area contributed by atoms with Gasteiger partial charge < -0.3 is 15.7 Å². The summed E-state index contributed by atoms with van der Waals surface area (Å²) in [6.07, 6.45) is 1.19. The Balaban J connectivity index is 2.01. The summed E-state index contributed by atoms with van der Waals surface area (Å²) in [6.45, 7) is 4.36. The Morgan fingerprint density at radius 3 is 2.68 bits per heavy atom. The Labute approximate surface area is 121 Å². The topological polar surface area (TPSA) is 61.4 Å². The first kappa shape index (κ1) is 14.3. The van der Waals surface area contributed by atoms with Gasteiger partial charge in [0, 0.05) is 16.6 Å². The van der Waals surface area contributed by atoms with Crippen molar-refractivity contribution in [3.63, 3.8) is 0 Å². The van der Waals surface area contributed by atoms with Gasteiger partial charge in [0.15, 0.2) is 0 Å². The highest BCUT2D eigenvalue weighted by atomic mass is 79.9. The Morgan fingerprint density at radius 2 is 2.16 bits per heavy atom. The summed E-state index contributed by atoms with van der Waals surface area (Å²) in [5, 5.41) is 14.8. The van der Waals surface area contributed by atoms with Crippen LogP contribution in [-0.2, 0) is 5.54 Å². The molecule has 1 fully saturated rings. The molecule has 1 aliphatic carbocycles. The maximum Gasteiger partial charge on any atom is 0.405 e. The number of hydrogen-bond acceptors (Lipinski definition) is 2. The molecule has 19 heavy (non-hydrogen) atoms. The van der Waals surface area contributed by atoms with E-state index in [2.05, 4.69) is 38.7 Å². The molecule has 0 heterocycles. The number of hydrogen-bond donors (Lipinski definition) is 3. The predicted molar refractivity (Wildman–Crippen MR) is 78.3 cm³/mol. The highest BCUT2D eigenvalue weighted by Gasteiger charge is 2.44. The molecule has 0 aliphatic heterocycles. The smallest absolute Gasteiger partial charge is 0.405 e. The minimum atomic E-state index is -0.987. The molecular formula is C14H19BrN2O2. The molecule has 0 bridgehead atoms. The van der Waals surface area contributed by atoms with E-state index < -0.39 is 11.6 Å². The summed E-state index contributed by atoms with van der Waals surface area (Å²) in [4.78, 5) is 10.7. The number of rotatable bonds is 5. The zero-order valence-electron chi connectivity index (χ0n) is 11.2. The van der Waals surface area contributed by atoms with E-state index in [4.69, 9.17) is 5.11 Å². The molecule has 4 nitrogen and oxygen atoms in total. The van der Waals surface area contributed by atoms with E-state index in [0.29, 0.717) is 6.54 Å². The molecule has 1 amide bonds. The van der Waals surface area contributed by atoms with E-state index in [1.165, 1.54) is 5.56 Å². The lowest BCUT2D eigenvalue weighted by Gasteiger charge is -2.28. The molecule has 0 spiro atoms. The molecule has 2 rings (SSSR count). The third-order valence-electron chi connectivity index (χ3n) is 3.44. The van der Waals surface area contributed by atoms with E-state index in [1.807, 2.05) is 26.0 Å². The third-order valence-corrected chi connectivity index (χ3v) is 3.93. The molecule has 0 aromatic heterocycles. The second-order valence-corrected chi connectivity index (χ2v) is 6.68. The lowest BCUT2D eigenvalue weighted by atomic mass is 10.0. The third kappa shape index (κ3) is 3.70. The maximum atomic E-state index is 10.7. The van der Waals surface area contributed by atoms with Crippen LogP contribution in [0.5, 0.6) is 0 Å². The van der Waals surface area contributed by atoms with Crippen LogP contribution in [0.1, 0.15) is 32.3 Å². The summed E-state index contributed by atoms with van der Waals surface area (Å²) < 4.78 is 1.07. The van der Waals surface area contributed by atoms with Gasteiger partial charge in [-0.1, -0.05) is 28.1 Å². The largest absolute Gasteiger partial charge is 0.465 e. The summed E-state index contributed by atoms with van der Waals surface area (Å²) in [7, 11) is 0. The quantitative estimate of drug-likeness (QED) is 0.779. The van der Waals surface area contributed by atoms with Crippen molar-refractivity contribution in [2.75, 3.05) is 6.54 Å². The van der Waals surface area contributed by atoms with Crippen molar-refractivity contribution in [1.82, 2.24) is 10.6 Å². The average molecular weight is 327 g/mol. The second-order valence-electron chi connectivity index (χ2n) is 5.76. The summed E-state index contributed by atoms with van der Waals surface area (Å²) in [5.41, 5.74) is 0.794. The van der Waals surface area contributed by atoms with Crippen LogP contribution < -0.4 is 10.6 Å². The van der Waals surface area contributed by atoms with Crippen LogP contribution in [-0.4, -0.2) is 23.3 Å². The van der Waals surface area contributed by atoms with E-state index in [-0.39, 0.29) is 5.54 Å². The van der Waals surface area contributed by atoms with E-state index in [9.17, 15) is 4.79 Å². The fourth-order valence-electron chi connectivity index (χ4n) is 2.20. The zero-order valence-corrected chi connectivity index (χ0v) is 12.8. The normalized spacial score (nSPS) is 17.0.